The van der Waals surface area contributed by atoms with Crippen LogP contribution in [0.25, 0.3) is 4.85 Å². The molecule has 9 unspecified atom stereocenters. The second-order valence-electron chi connectivity index (χ2n) is 33.7. The first kappa shape index (κ1) is 96.2. The van der Waals surface area contributed by atoms with E-state index in [1.807, 2.05) is 119 Å². The predicted molar refractivity (Wildman–Crippen MR) is 482 cm³/mol. The maximum atomic E-state index is 13.7. The Morgan fingerprint density at radius 2 is 0.574 bits per heavy atom. The van der Waals surface area contributed by atoms with Crippen molar-refractivity contribution in [3.63, 3.8) is 0 Å². The van der Waals surface area contributed by atoms with E-state index in [0.717, 1.165) is 210 Å². The van der Waals surface area contributed by atoms with E-state index in [2.05, 4.69) is 56.8 Å². The number of aryl methyl sites for hydroxylation is 18. The molecule has 9 atom stereocenters. The van der Waals surface area contributed by atoms with Crippen molar-refractivity contribution in [3.8, 4) is 51.7 Å². The number of halogens is 12. The Hall–Kier alpha value is -8.01. The molecule has 9 aromatic rings. The van der Waals surface area contributed by atoms with Gasteiger partial charge in [0.25, 0.3) is 0 Å². The molecule has 0 spiro atoms. The van der Waals surface area contributed by atoms with Crippen LogP contribution in [0.1, 0.15) is 220 Å². The summed E-state index contributed by atoms with van der Waals surface area (Å²) in [5.74, 6) is 2.92. The fourth-order valence-electron chi connectivity index (χ4n) is 15.5. The van der Waals surface area contributed by atoms with Crippen LogP contribution in [0.5, 0.6) is 51.7 Å². The van der Waals surface area contributed by atoms with Gasteiger partial charge in [-0.25, -0.2) is 26.8 Å². The normalized spacial score (nSPS) is 20.3. The Morgan fingerprint density at radius 3 is 1.04 bits per heavy atom. The summed E-state index contributed by atoms with van der Waals surface area (Å²) >= 11 is 36.0. The van der Waals surface area contributed by atoms with Crippen molar-refractivity contribution in [3.05, 3.63) is 262 Å². The first-order valence-electron chi connectivity index (χ1n) is 42.3. The molecular weight excluding hydrogens is 1690 g/mol. The highest BCUT2D eigenvalue weighted by molar-refractivity contribution is 6.43. The minimum Gasteiger partial charge on any atom is -0.492 e. The lowest BCUT2D eigenvalue weighted by atomic mass is 10.00. The lowest BCUT2D eigenvalue weighted by molar-refractivity contribution is 0.180. The van der Waals surface area contributed by atoms with Crippen LogP contribution < -0.4 is 42.6 Å². The van der Waals surface area contributed by atoms with Gasteiger partial charge in [-0.05, 0) is 383 Å². The molecule has 18 rings (SSSR count). The van der Waals surface area contributed by atoms with E-state index in [1.165, 1.54) is 39.9 Å². The maximum Gasteiger partial charge on any atom is 0.201 e. The van der Waals surface area contributed by atoms with Gasteiger partial charge in [-0.1, -0.05) is 106 Å². The van der Waals surface area contributed by atoms with Crippen molar-refractivity contribution in [1.82, 2.24) is 0 Å². The number of ether oxygens (including phenoxy) is 9. The van der Waals surface area contributed by atoms with Crippen LogP contribution in [0.15, 0.2) is 84.9 Å². The molecule has 0 aromatic heterocycles. The average Bonchev–Trinajstić information content (AvgIpc) is 0.794. The van der Waals surface area contributed by atoms with E-state index >= 15 is 0 Å². The zero-order chi connectivity index (χ0) is 89.0. The first-order chi connectivity index (χ1) is 57.7. The lowest BCUT2D eigenvalue weighted by Crippen LogP contribution is -2.20. The Labute approximate surface area is 747 Å². The van der Waals surface area contributed by atoms with Crippen LogP contribution in [0.4, 0.5) is 32.0 Å². The molecule has 9 heterocycles. The van der Waals surface area contributed by atoms with E-state index < -0.39 is 17.5 Å². The monoisotopic (exact) mass is 1800 g/mol. The molecule has 22 heteroatoms. The molecule has 0 radical (unpaired) electrons. The van der Waals surface area contributed by atoms with Gasteiger partial charge < -0.3 is 42.6 Å². The van der Waals surface area contributed by atoms with Crippen LogP contribution in [0, 0.1) is 104 Å². The molecule has 9 aliphatic heterocycles. The highest BCUT2D eigenvalue weighted by Gasteiger charge is 2.30. The molecule has 0 bridgehead atoms. The average molecular weight is 1800 g/mol. The van der Waals surface area contributed by atoms with Gasteiger partial charge in [-0.2, -0.15) is 4.39 Å². The highest BCUT2D eigenvalue weighted by Crippen LogP contribution is 2.45. The van der Waals surface area contributed by atoms with Crippen molar-refractivity contribution >= 4 is 75.3 Å². The van der Waals surface area contributed by atoms with E-state index in [0.29, 0.717) is 61.9 Å². The molecule has 0 aliphatic carbocycles. The third-order valence-electron chi connectivity index (χ3n) is 22.7. The minimum atomic E-state index is -0.841. The number of hydrogen-bond donors (Lipinski definition) is 0. The van der Waals surface area contributed by atoms with Crippen LogP contribution in [-0.2, 0) is 57.8 Å². The molecule has 0 N–H and O–H groups in total. The van der Waals surface area contributed by atoms with Gasteiger partial charge in [0.2, 0.25) is 5.82 Å². The van der Waals surface area contributed by atoms with Gasteiger partial charge >= 0.3 is 0 Å². The van der Waals surface area contributed by atoms with Gasteiger partial charge in [0, 0.05) is 11.1 Å². The Morgan fingerprint density at radius 1 is 0.254 bits per heavy atom. The lowest BCUT2D eigenvalue weighted by Gasteiger charge is -2.25. The smallest absolute Gasteiger partial charge is 0.201 e. The Balaban J connectivity index is 0.000000144. The summed E-state index contributed by atoms with van der Waals surface area (Å²) in [5, 5.41) is 3.03. The predicted octanol–water partition coefficient (Wildman–Crippen LogP) is 29.7. The van der Waals surface area contributed by atoms with Crippen LogP contribution in [0.2, 0.25) is 30.1 Å². The molecule has 656 valence electrons. The summed E-state index contributed by atoms with van der Waals surface area (Å²) in [6.07, 6.45) is 19.5. The minimum absolute atomic E-state index is 0.0286. The maximum absolute atomic E-state index is 13.7. The number of hydrogen-bond acceptors (Lipinski definition) is 9. The van der Waals surface area contributed by atoms with Crippen molar-refractivity contribution in [2.45, 2.75) is 295 Å². The van der Waals surface area contributed by atoms with Crippen LogP contribution >= 0.6 is 69.6 Å². The number of nitrogens with zero attached hydrogens (tertiary/aromatic N) is 1. The molecule has 0 saturated carbocycles. The molecule has 10 nitrogen and oxygen atoms in total. The second kappa shape index (κ2) is 43.3. The van der Waals surface area contributed by atoms with E-state index in [1.54, 1.807) is 26.8 Å². The fraction of sp³-hybridized carbons (Fsp3) is 0.450. The molecule has 9 aromatic carbocycles. The quantitative estimate of drug-likeness (QED) is 0.109. The fourth-order valence-corrected chi connectivity index (χ4v) is 16.9. The summed E-state index contributed by atoms with van der Waals surface area (Å²) in [6, 6.07) is 26.5. The van der Waals surface area contributed by atoms with E-state index in [9.17, 15) is 26.3 Å². The molecular formula is C100H113Cl6F6NO9. The molecule has 0 amide bonds. The summed E-state index contributed by atoms with van der Waals surface area (Å²) in [4.78, 5) is 3.47. The van der Waals surface area contributed by atoms with E-state index in [4.69, 9.17) is 119 Å². The van der Waals surface area contributed by atoms with Crippen LogP contribution in [-0.4, -0.2) is 54.9 Å². The topological polar surface area (TPSA) is 87.4 Å². The molecule has 9 aliphatic rings. The van der Waals surface area contributed by atoms with Gasteiger partial charge in [-0.3, -0.25) is 0 Å². The summed E-state index contributed by atoms with van der Waals surface area (Å²) in [7, 11) is 0. The van der Waals surface area contributed by atoms with Crippen molar-refractivity contribution < 1.29 is 69.0 Å². The number of fused-ring (bicyclic) bond motifs is 9. The Bertz CT molecular complexity index is 4860. The van der Waals surface area contributed by atoms with Crippen molar-refractivity contribution in [2.75, 3.05) is 0 Å². The summed E-state index contributed by atoms with van der Waals surface area (Å²) < 4.78 is 130. The molecule has 122 heavy (non-hydrogen) atoms. The third-order valence-corrected chi connectivity index (χ3v) is 25.1. The standard InChI is InChI=1S/C12H13NO.C11H12Cl2O.2C11H12ClFO.2C11H13ClO.C11H12F2O.2C11H13FO/c1-8-6-10-5-4-9(2)14-12(10)7-11(8)13-3;1-6-5-8-4-3-7(2)14-11(8)10(13)9(6)12;1-6-5-8-4-3-7(2)14-11(8)9(12)10(6)13;1-6-5-8-4-3-7(2)14-11(8)10(13)9(6)12;1-7-5-9-4-3-8(2)13-11(9)6-10(7)12;1-7-5-9-4-3-8(2)13-11(9)10(12)6-7;1-6-5-8-4-3-7(2)14-11(8)10(13)9(6)12;1-7-5-9-4-3-8(2)13-11(9)6-10(7)12;1-7-5-9-4-3-8(2)13-11(9)10(12)6-7/h6-7,9H,4-5H2,1-2H3;3*5,7H,3-4H2,1-2H3;2*5-6,8H,3-4H2,1-2H3;5,7H,3-4H2,1-2H3;2*5-6,8H,3-4H2,1-2H3. The van der Waals surface area contributed by atoms with Crippen molar-refractivity contribution in [1.29, 1.82) is 0 Å². The summed E-state index contributed by atoms with van der Waals surface area (Å²) in [5.41, 5.74) is 18.4. The zero-order valence-corrected chi connectivity index (χ0v) is 77.7. The largest absolute Gasteiger partial charge is 0.492 e. The van der Waals surface area contributed by atoms with Crippen LogP contribution in [0.3, 0.4) is 0 Å². The molecule has 0 saturated heterocycles. The van der Waals surface area contributed by atoms with Gasteiger partial charge in [0.05, 0.1) is 76.6 Å². The molecule has 0 fully saturated rings. The highest BCUT2D eigenvalue weighted by atomic mass is 35.5. The Kier molecular flexibility index (Phi) is 34.1. The van der Waals surface area contributed by atoms with Gasteiger partial charge in [0.1, 0.15) is 56.2 Å². The second-order valence-corrected chi connectivity index (χ2v) is 36.0. The van der Waals surface area contributed by atoms with Gasteiger partial charge in [0.15, 0.2) is 40.4 Å². The summed E-state index contributed by atoms with van der Waals surface area (Å²) in [6.45, 7) is 41.9. The van der Waals surface area contributed by atoms with E-state index in [-0.39, 0.29) is 76.0 Å². The third kappa shape index (κ3) is 25.0. The zero-order valence-electron chi connectivity index (χ0n) is 73.2. The first-order valence-corrected chi connectivity index (χ1v) is 44.6. The SMILES string of the molecule is Cc1cc(Cl)c2c(c1)CCC(C)O2.Cc1cc(F)c2c(c1)CCC(C)O2.Cc1cc2c(c(Cl)c1Cl)OC(C)CC2.Cc1cc2c(c(Cl)c1F)OC(C)CC2.Cc1cc2c(c(F)c1Cl)OC(C)CC2.Cc1cc2c(c(F)c1F)OC(C)CC2.Cc1cc2c(cc1Cl)OC(C)CC2.Cc1cc2c(cc1F)OC(C)CC2.[C-]#[N+]c1cc2c(cc1C)CCC(C)O2. The van der Waals surface area contributed by atoms with Gasteiger partial charge in [-0.15, -0.1) is 0 Å². The van der Waals surface area contributed by atoms with Crippen molar-refractivity contribution in [2.24, 2.45) is 0 Å². The number of benzene rings is 9. The number of rotatable bonds is 0.